The van der Waals surface area contributed by atoms with Crippen LogP contribution in [0.25, 0.3) is 0 Å². The van der Waals surface area contributed by atoms with Gasteiger partial charge in [0.15, 0.2) is 0 Å². The van der Waals surface area contributed by atoms with E-state index in [9.17, 15) is 14.0 Å². The number of ether oxygens (including phenoxy) is 2. The lowest BCUT2D eigenvalue weighted by Crippen LogP contribution is -2.58. The van der Waals surface area contributed by atoms with Crippen molar-refractivity contribution >= 4 is 17.6 Å². The Bertz CT molecular complexity index is 844. The first-order valence-corrected chi connectivity index (χ1v) is 8.68. The number of pyridine rings is 1. The summed E-state index contributed by atoms with van der Waals surface area (Å²) in [4.78, 5) is 29.9. The molecule has 0 spiro atoms. The van der Waals surface area contributed by atoms with Gasteiger partial charge >= 0.3 is 0 Å². The van der Waals surface area contributed by atoms with Crippen LogP contribution in [0.1, 0.15) is 16.8 Å². The van der Waals surface area contributed by atoms with E-state index in [4.69, 9.17) is 20.9 Å². The molecule has 2 heterocycles. The molecule has 0 aliphatic carbocycles. The second-order valence-corrected chi connectivity index (χ2v) is 6.62. The third kappa shape index (κ3) is 4.74. The summed E-state index contributed by atoms with van der Waals surface area (Å²) in [5, 5.41) is 0. The van der Waals surface area contributed by atoms with Crippen LogP contribution < -0.4 is 16.2 Å². The molecule has 1 atom stereocenters. The van der Waals surface area contributed by atoms with Crippen molar-refractivity contribution in [1.82, 2.24) is 9.88 Å². The zero-order chi connectivity index (χ0) is 20.1. The molecule has 9 heteroatoms. The van der Waals surface area contributed by atoms with Gasteiger partial charge in [0.05, 0.1) is 25.1 Å². The largest absolute Gasteiger partial charge is 0.490 e. The van der Waals surface area contributed by atoms with Crippen LogP contribution in [0, 0.1) is 5.82 Å². The molecule has 0 bridgehead atoms. The van der Waals surface area contributed by atoms with E-state index in [1.807, 2.05) is 0 Å². The van der Waals surface area contributed by atoms with Crippen LogP contribution in [0.5, 0.6) is 5.75 Å². The highest BCUT2D eigenvalue weighted by Crippen LogP contribution is 2.25. The van der Waals surface area contributed by atoms with Crippen molar-refractivity contribution in [3.63, 3.8) is 0 Å². The normalized spacial score (nSPS) is 19.2. The second kappa shape index (κ2) is 8.22. The minimum Gasteiger partial charge on any atom is -0.490 e. The van der Waals surface area contributed by atoms with Crippen molar-refractivity contribution in [1.29, 1.82) is 0 Å². The maximum absolute atomic E-state index is 13.1. The fourth-order valence-corrected chi connectivity index (χ4v) is 3.04. The third-order valence-electron chi connectivity index (χ3n) is 4.38. The van der Waals surface area contributed by atoms with E-state index in [1.165, 1.54) is 30.5 Å². The lowest BCUT2D eigenvalue weighted by Gasteiger charge is -2.41. The smallest absolute Gasteiger partial charge is 0.255 e. The lowest BCUT2D eigenvalue weighted by molar-refractivity contribution is -0.142. The quantitative estimate of drug-likeness (QED) is 0.761. The average Bonchev–Trinajstić information content (AvgIpc) is 2.67. The Balaban J connectivity index is 1.75. The molecule has 3 rings (SSSR count). The summed E-state index contributed by atoms with van der Waals surface area (Å²) in [5.41, 5.74) is 10.2. The van der Waals surface area contributed by atoms with Gasteiger partial charge < -0.3 is 25.8 Å². The van der Waals surface area contributed by atoms with E-state index in [2.05, 4.69) is 4.98 Å². The summed E-state index contributed by atoms with van der Waals surface area (Å²) < 4.78 is 24.6. The van der Waals surface area contributed by atoms with E-state index in [-0.39, 0.29) is 37.9 Å². The van der Waals surface area contributed by atoms with E-state index < -0.39 is 11.5 Å². The number of primary amides is 1. The SMILES string of the molecule is NC(=O)CC1(COc2ccc(F)cc2)CN(C(=O)c2ccc(N)nc2)CCO1. The molecule has 2 aromatic rings. The van der Waals surface area contributed by atoms with Gasteiger partial charge in [-0.2, -0.15) is 0 Å². The number of rotatable bonds is 6. The Morgan fingerprint density at radius 1 is 1.25 bits per heavy atom. The lowest BCUT2D eigenvalue weighted by atomic mass is 9.97. The molecule has 0 radical (unpaired) electrons. The molecule has 1 saturated heterocycles. The van der Waals surface area contributed by atoms with Crippen LogP contribution in [0.3, 0.4) is 0 Å². The summed E-state index contributed by atoms with van der Waals surface area (Å²) in [6.07, 6.45) is 1.27. The van der Waals surface area contributed by atoms with Crippen LogP contribution in [0.2, 0.25) is 0 Å². The predicted molar refractivity (Wildman–Crippen MR) is 98.9 cm³/mol. The van der Waals surface area contributed by atoms with Crippen LogP contribution in [-0.4, -0.2) is 53.6 Å². The van der Waals surface area contributed by atoms with Gasteiger partial charge in [0.2, 0.25) is 5.91 Å². The minimum absolute atomic E-state index is 0.0225. The first kappa shape index (κ1) is 19.6. The van der Waals surface area contributed by atoms with Crippen LogP contribution in [0.15, 0.2) is 42.6 Å². The molecule has 1 aromatic heterocycles. The Morgan fingerprint density at radius 2 is 2.00 bits per heavy atom. The Hall–Kier alpha value is -3.20. The van der Waals surface area contributed by atoms with E-state index >= 15 is 0 Å². The van der Waals surface area contributed by atoms with E-state index in [1.54, 1.807) is 17.0 Å². The highest BCUT2D eigenvalue weighted by Gasteiger charge is 2.41. The van der Waals surface area contributed by atoms with Crippen molar-refractivity contribution in [2.24, 2.45) is 5.73 Å². The summed E-state index contributed by atoms with van der Waals surface area (Å²) in [7, 11) is 0. The van der Waals surface area contributed by atoms with Crippen molar-refractivity contribution in [2.75, 3.05) is 32.0 Å². The number of carbonyl (C=O) groups excluding carboxylic acids is 2. The van der Waals surface area contributed by atoms with Gasteiger partial charge in [-0.15, -0.1) is 0 Å². The molecule has 1 aliphatic heterocycles. The molecule has 1 aromatic carbocycles. The van der Waals surface area contributed by atoms with Crippen LogP contribution >= 0.6 is 0 Å². The number of hydrogen-bond donors (Lipinski definition) is 2. The third-order valence-corrected chi connectivity index (χ3v) is 4.38. The van der Waals surface area contributed by atoms with Gasteiger partial charge in [-0.3, -0.25) is 9.59 Å². The first-order chi connectivity index (χ1) is 13.4. The van der Waals surface area contributed by atoms with Gasteiger partial charge in [0.25, 0.3) is 5.91 Å². The number of morpholine rings is 1. The molecule has 1 aliphatic rings. The summed E-state index contributed by atoms with van der Waals surface area (Å²) in [6.45, 7) is 0.653. The highest BCUT2D eigenvalue weighted by atomic mass is 19.1. The zero-order valence-electron chi connectivity index (χ0n) is 15.1. The highest BCUT2D eigenvalue weighted by molar-refractivity contribution is 5.94. The zero-order valence-corrected chi connectivity index (χ0v) is 15.1. The van der Waals surface area contributed by atoms with E-state index in [0.29, 0.717) is 23.7 Å². The number of anilines is 1. The number of carbonyl (C=O) groups is 2. The molecule has 1 unspecified atom stereocenters. The number of halogens is 1. The number of benzene rings is 1. The molecular weight excluding hydrogens is 367 g/mol. The van der Waals surface area contributed by atoms with Gasteiger partial charge in [-0.1, -0.05) is 0 Å². The Morgan fingerprint density at radius 3 is 2.64 bits per heavy atom. The predicted octanol–water partition coefficient (Wildman–Crippen LogP) is 0.968. The number of nitrogens with two attached hydrogens (primary N) is 2. The van der Waals surface area contributed by atoms with Gasteiger partial charge in [-0.05, 0) is 36.4 Å². The maximum atomic E-state index is 13.1. The monoisotopic (exact) mass is 388 g/mol. The molecule has 2 amide bonds. The van der Waals surface area contributed by atoms with Crippen LogP contribution in [0.4, 0.5) is 10.2 Å². The molecular formula is C19H21FN4O4. The molecule has 28 heavy (non-hydrogen) atoms. The number of hydrogen-bond acceptors (Lipinski definition) is 6. The Kier molecular flexibility index (Phi) is 5.74. The second-order valence-electron chi connectivity index (χ2n) is 6.62. The fraction of sp³-hybridized carbons (Fsp3) is 0.316. The molecule has 0 saturated carbocycles. The molecule has 148 valence electrons. The van der Waals surface area contributed by atoms with Crippen molar-refractivity contribution in [3.05, 3.63) is 54.0 Å². The molecule has 8 nitrogen and oxygen atoms in total. The number of amides is 2. The maximum Gasteiger partial charge on any atom is 0.255 e. The summed E-state index contributed by atoms with van der Waals surface area (Å²) in [5.74, 6) is -0.492. The number of nitrogens with zero attached hydrogens (tertiary/aromatic N) is 2. The van der Waals surface area contributed by atoms with Crippen molar-refractivity contribution < 1.29 is 23.5 Å². The molecule has 1 fully saturated rings. The molecule has 4 N–H and O–H groups in total. The Labute approximate surface area is 161 Å². The minimum atomic E-state index is -1.10. The topological polar surface area (TPSA) is 121 Å². The first-order valence-electron chi connectivity index (χ1n) is 8.68. The number of nitrogen functional groups attached to an aromatic ring is 1. The summed E-state index contributed by atoms with van der Waals surface area (Å²) in [6, 6.07) is 8.61. The van der Waals surface area contributed by atoms with E-state index in [0.717, 1.165) is 0 Å². The van der Waals surface area contributed by atoms with Gasteiger partial charge in [0, 0.05) is 12.7 Å². The van der Waals surface area contributed by atoms with Gasteiger partial charge in [-0.25, -0.2) is 9.37 Å². The van der Waals surface area contributed by atoms with Crippen LogP contribution in [-0.2, 0) is 9.53 Å². The standard InChI is InChI=1S/C19H21FN4O4/c20-14-2-4-15(5-3-14)27-12-19(9-17(22)25)11-24(7-8-28-19)18(26)13-1-6-16(21)23-10-13/h1-6,10H,7-9,11-12H2,(H2,21,23)(H2,22,25). The number of aromatic nitrogens is 1. The van der Waals surface area contributed by atoms with Gasteiger partial charge in [0.1, 0.15) is 29.6 Å². The van der Waals surface area contributed by atoms with Crippen molar-refractivity contribution in [3.8, 4) is 5.75 Å². The summed E-state index contributed by atoms with van der Waals surface area (Å²) >= 11 is 0. The average molecular weight is 388 g/mol. The van der Waals surface area contributed by atoms with Crippen molar-refractivity contribution in [2.45, 2.75) is 12.0 Å². The fourth-order valence-electron chi connectivity index (χ4n) is 3.04.